The Labute approximate surface area is 160 Å². The number of aliphatic imine (C=N–C) groups is 1. The normalized spacial score (nSPS) is 16.4. The molecule has 1 aliphatic carbocycles. The third kappa shape index (κ3) is 4.87. The number of halogens is 2. The van der Waals surface area contributed by atoms with E-state index in [1.165, 1.54) is 6.07 Å². The van der Waals surface area contributed by atoms with Crippen molar-refractivity contribution in [3.05, 3.63) is 34.6 Å². The fourth-order valence-electron chi connectivity index (χ4n) is 3.54. The Bertz CT molecular complexity index is 637. The van der Waals surface area contributed by atoms with E-state index in [0.29, 0.717) is 36.1 Å². The van der Waals surface area contributed by atoms with E-state index in [0.717, 1.165) is 25.7 Å². The van der Waals surface area contributed by atoms with Crippen molar-refractivity contribution < 1.29 is 9.18 Å². The van der Waals surface area contributed by atoms with Gasteiger partial charge in [-0.3, -0.25) is 9.79 Å². The molecule has 0 bridgehead atoms. The van der Waals surface area contributed by atoms with Gasteiger partial charge in [-0.2, -0.15) is 0 Å². The molecule has 2 rings (SSSR count). The van der Waals surface area contributed by atoms with Gasteiger partial charge in [0.05, 0.1) is 5.41 Å². The largest absolute Gasteiger partial charge is 0.356 e. The summed E-state index contributed by atoms with van der Waals surface area (Å²) in [5, 5.41) is 6.87. The molecule has 7 heteroatoms. The van der Waals surface area contributed by atoms with Crippen molar-refractivity contribution in [2.45, 2.75) is 32.1 Å². The smallest absolute Gasteiger partial charge is 0.230 e. The molecule has 0 heterocycles. The van der Waals surface area contributed by atoms with Gasteiger partial charge in [-0.1, -0.05) is 30.5 Å². The molecule has 1 aromatic carbocycles. The molecule has 1 saturated carbocycles. The van der Waals surface area contributed by atoms with Crippen LogP contribution in [0.4, 0.5) is 4.39 Å². The zero-order valence-corrected chi connectivity index (χ0v) is 16.5. The van der Waals surface area contributed by atoms with Crippen LogP contribution in [0, 0.1) is 11.2 Å². The van der Waals surface area contributed by atoms with Crippen molar-refractivity contribution in [1.82, 2.24) is 15.5 Å². The molecule has 0 aromatic heterocycles. The number of benzene rings is 1. The van der Waals surface area contributed by atoms with Crippen molar-refractivity contribution in [3.63, 3.8) is 0 Å². The van der Waals surface area contributed by atoms with Crippen LogP contribution in [-0.4, -0.2) is 51.0 Å². The van der Waals surface area contributed by atoms with Gasteiger partial charge in [-0.25, -0.2) is 4.39 Å². The topological polar surface area (TPSA) is 56.7 Å². The van der Waals surface area contributed by atoms with Crippen molar-refractivity contribution in [3.8, 4) is 0 Å². The van der Waals surface area contributed by atoms with Gasteiger partial charge in [-0.05, 0) is 31.4 Å². The number of hydrogen-bond donors (Lipinski definition) is 2. The minimum atomic E-state index is -0.365. The highest BCUT2D eigenvalue weighted by molar-refractivity contribution is 6.31. The van der Waals surface area contributed by atoms with Gasteiger partial charge >= 0.3 is 0 Å². The van der Waals surface area contributed by atoms with Crippen LogP contribution in [0.25, 0.3) is 0 Å². The lowest BCUT2D eigenvalue weighted by Crippen LogP contribution is -2.49. The van der Waals surface area contributed by atoms with E-state index in [-0.39, 0.29) is 17.1 Å². The lowest BCUT2D eigenvalue weighted by atomic mass is 9.84. The quantitative estimate of drug-likeness (QED) is 0.587. The molecule has 1 aliphatic rings. The number of nitrogens with one attached hydrogen (secondary N) is 2. The fourth-order valence-corrected chi connectivity index (χ4v) is 3.80. The predicted molar refractivity (Wildman–Crippen MR) is 104 cm³/mol. The van der Waals surface area contributed by atoms with E-state index < -0.39 is 0 Å². The van der Waals surface area contributed by atoms with E-state index in [4.69, 9.17) is 11.6 Å². The maximum atomic E-state index is 13.8. The number of rotatable bonds is 6. The summed E-state index contributed by atoms with van der Waals surface area (Å²) in [5.41, 5.74) is 0.128. The van der Waals surface area contributed by atoms with Gasteiger partial charge in [-0.15, -0.1) is 0 Å². The van der Waals surface area contributed by atoms with E-state index in [9.17, 15) is 9.18 Å². The number of guanidine groups is 1. The standard InChI is InChI=1S/C19H28ClFN4O/c1-22-18(23-12-9-14-15(20)7-6-8-16(14)21)24-13-19(10-4-5-11-19)17(26)25(2)3/h6-8H,4-5,9-13H2,1-3H3,(H2,22,23,24). The van der Waals surface area contributed by atoms with Gasteiger partial charge in [0.15, 0.2) is 5.96 Å². The van der Waals surface area contributed by atoms with Gasteiger partial charge < -0.3 is 15.5 Å². The van der Waals surface area contributed by atoms with Crippen LogP contribution in [0.15, 0.2) is 23.2 Å². The van der Waals surface area contributed by atoms with Crippen molar-refractivity contribution >= 4 is 23.5 Å². The van der Waals surface area contributed by atoms with Gasteiger partial charge in [0, 0.05) is 44.8 Å². The molecule has 0 spiro atoms. The van der Waals surface area contributed by atoms with Crippen LogP contribution in [0.2, 0.25) is 5.02 Å². The highest BCUT2D eigenvalue weighted by atomic mass is 35.5. The molecule has 1 amide bonds. The Morgan fingerprint density at radius 2 is 2.00 bits per heavy atom. The lowest BCUT2D eigenvalue weighted by molar-refractivity contribution is -0.138. The number of hydrogen-bond acceptors (Lipinski definition) is 2. The second-order valence-electron chi connectivity index (χ2n) is 6.99. The molecular formula is C19H28ClFN4O. The average molecular weight is 383 g/mol. The van der Waals surface area contributed by atoms with Crippen LogP contribution in [0.1, 0.15) is 31.2 Å². The van der Waals surface area contributed by atoms with Crippen LogP contribution in [0.3, 0.4) is 0 Å². The van der Waals surface area contributed by atoms with Crippen molar-refractivity contribution in [1.29, 1.82) is 0 Å². The predicted octanol–water partition coefficient (Wildman–Crippen LogP) is 2.84. The van der Waals surface area contributed by atoms with Gasteiger partial charge in [0.2, 0.25) is 5.91 Å². The van der Waals surface area contributed by atoms with Crippen molar-refractivity contribution in [2.24, 2.45) is 10.4 Å². The fraction of sp³-hybridized carbons (Fsp3) is 0.579. The molecular weight excluding hydrogens is 355 g/mol. The second kappa shape index (κ2) is 9.21. The van der Waals surface area contributed by atoms with Crippen molar-refractivity contribution in [2.75, 3.05) is 34.2 Å². The number of carbonyl (C=O) groups is 1. The first-order chi connectivity index (χ1) is 12.4. The molecule has 1 aromatic rings. The maximum Gasteiger partial charge on any atom is 0.230 e. The summed E-state index contributed by atoms with van der Waals surface area (Å²) < 4.78 is 13.8. The summed E-state index contributed by atoms with van der Waals surface area (Å²) in [6, 6.07) is 4.69. The minimum absolute atomic E-state index is 0.163. The Hall–Kier alpha value is -1.82. The van der Waals surface area contributed by atoms with E-state index in [1.54, 1.807) is 38.2 Å². The molecule has 0 saturated heterocycles. The number of carbonyl (C=O) groups excluding carboxylic acids is 1. The highest BCUT2D eigenvalue weighted by Crippen LogP contribution is 2.38. The van der Waals surface area contributed by atoms with Crippen LogP contribution in [0.5, 0.6) is 0 Å². The summed E-state index contributed by atoms with van der Waals surface area (Å²) in [6.45, 7) is 1.04. The molecule has 1 fully saturated rings. The molecule has 5 nitrogen and oxygen atoms in total. The Balaban J connectivity index is 1.90. The summed E-state index contributed by atoms with van der Waals surface area (Å²) in [5.74, 6) is 0.468. The van der Waals surface area contributed by atoms with E-state index >= 15 is 0 Å². The first kappa shape index (κ1) is 20.5. The van der Waals surface area contributed by atoms with Gasteiger partial charge in [0.1, 0.15) is 5.82 Å². The third-order valence-electron chi connectivity index (χ3n) is 4.97. The molecule has 0 unspecified atom stereocenters. The Morgan fingerprint density at radius 3 is 2.58 bits per heavy atom. The highest BCUT2D eigenvalue weighted by Gasteiger charge is 2.42. The SMILES string of the molecule is CN=C(NCCc1c(F)cccc1Cl)NCC1(C(=O)N(C)C)CCCC1. The first-order valence-corrected chi connectivity index (χ1v) is 9.36. The third-order valence-corrected chi connectivity index (χ3v) is 5.32. The minimum Gasteiger partial charge on any atom is -0.356 e. The average Bonchev–Trinajstić information content (AvgIpc) is 3.09. The summed E-state index contributed by atoms with van der Waals surface area (Å²) in [6.07, 6.45) is 4.36. The summed E-state index contributed by atoms with van der Waals surface area (Å²) in [4.78, 5) is 18.5. The van der Waals surface area contributed by atoms with Crippen LogP contribution < -0.4 is 10.6 Å². The number of nitrogens with zero attached hydrogens (tertiary/aromatic N) is 2. The Morgan fingerprint density at radius 1 is 1.31 bits per heavy atom. The first-order valence-electron chi connectivity index (χ1n) is 8.99. The summed E-state index contributed by atoms with van der Waals surface area (Å²) >= 11 is 6.05. The van der Waals surface area contributed by atoms with Crippen LogP contribution >= 0.6 is 11.6 Å². The zero-order valence-electron chi connectivity index (χ0n) is 15.7. The monoisotopic (exact) mass is 382 g/mol. The second-order valence-corrected chi connectivity index (χ2v) is 7.40. The molecule has 2 N–H and O–H groups in total. The van der Waals surface area contributed by atoms with E-state index in [2.05, 4.69) is 15.6 Å². The summed E-state index contributed by atoms with van der Waals surface area (Å²) in [7, 11) is 5.28. The molecule has 0 atom stereocenters. The Kier molecular flexibility index (Phi) is 7.26. The molecule has 0 radical (unpaired) electrons. The number of amides is 1. The van der Waals surface area contributed by atoms with Gasteiger partial charge in [0.25, 0.3) is 0 Å². The van der Waals surface area contributed by atoms with E-state index in [1.807, 2.05) is 0 Å². The molecule has 0 aliphatic heterocycles. The zero-order chi connectivity index (χ0) is 19.2. The molecule has 144 valence electrons. The molecule has 26 heavy (non-hydrogen) atoms. The lowest BCUT2D eigenvalue weighted by Gasteiger charge is -2.31. The van der Waals surface area contributed by atoms with Crippen LogP contribution in [-0.2, 0) is 11.2 Å². The maximum absolute atomic E-state index is 13.8.